The van der Waals surface area contributed by atoms with Crippen LogP contribution in [-0.4, -0.2) is 43.7 Å². The molecule has 1 fully saturated rings. The van der Waals surface area contributed by atoms with Crippen molar-refractivity contribution in [1.29, 1.82) is 0 Å². The van der Waals surface area contributed by atoms with Crippen molar-refractivity contribution in [2.24, 2.45) is 0 Å². The SMILES string of the molecule is COc1ccccc1OCC(=O)N1CC(Oc2cc(C)oc(=O)c2)C1. The van der Waals surface area contributed by atoms with Gasteiger partial charge in [0.25, 0.3) is 5.91 Å². The number of rotatable bonds is 6. The highest BCUT2D eigenvalue weighted by atomic mass is 16.5. The summed E-state index contributed by atoms with van der Waals surface area (Å²) in [4.78, 5) is 25.1. The summed E-state index contributed by atoms with van der Waals surface area (Å²) in [6, 6.07) is 10.1. The van der Waals surface area contributed by atoms with Crippen LogP contribution in [0.3, 0.4) is 0 Å². The first-order valence-electron chi connectivity index (χ1n) is 7.87. The Balaban J connectivity index is 1.47. The highest BCUT2D eigenvalue weighted by Crippen LogP contribution is 2.26. The van der Waals surface area contributed by atoms with Crippen molar-refractivity contribution in [3.05, 3.63) is 52.6 Å². The molecule has 0 saturated carbocycles. The summed E-state index contributed by atoms with van der Waals surface area (Å²) < 4.78 is 21.3. The van der Waals surface area contributed by atoms with Gasteiger partial charge in [0.2, 0.25) is 0 Å². The molecule has 1 aliphatic heterocycles. The van der Waals surface area contributed by atoms with Gasteiger partial charge in [0, 0.05) is 6.07 Å². The number of ether oxygens (including phenoxy) is 3. The summed E-state index contributed by atoms with van der Waals surface area (Å²) in [6.07, 6.45) is -0.142. The molecule has 132 valence electrons. The fraction of sp³-hybridized carbons (Fsp3) is 0.333. The predicted molar refractivity (Wildman–Crippen MR) is 89.2 cm³/mol. The van der Waals surface area contributed by atoms with Crippen LogP contribution < -0.4 is 19.8 Å². The van der Waals surface area contributed by atoms with Gasteiger partial charge in [-0.2, -0.15) is 0 Å². The Morgan fingerprint density at radius 3 is 2.64 bits per heavy atom. The summed E-state index contributed by atoms with van der Waals surface area (Å²) >= 11 is 0. The summed E-state index contributed by atoms with van der Waals surface area (Å²) in [7, 11) is 1.55. The van der Waals surface area contributed by atoms with E-state index < -0.39 is 5.63 Å². The van der Waals surface area contributed by atoms with Gasteiger partial charge in [-0.1, -0.05) is 12.1 Å². The molecule has 0 aliphatic carbocycles. The van der Waals surface area contributed by atoms with Crippen molar-refractivity contribution in [3.8, 4) is 17.2 Å². The Bertz CT molecular complexity index is 809. The maximum atomic E-state index is 12.1. The third kappa shape index (κ3) is 4.12. The lowest BCUT2D eigenvalue weighted by Gasteiger charge is -2.38. The first-order valence-corrected chi connectivity index (χ1v) is 7.87. The molecule has 2 aromatic rings. The van der Waals surface area contributed by atoms with Crippen LogP contribution in [0.4, 0.5) is 0 Å². The van der Waals surface area contributed by atoms with Gasteiger partial charge in [0.1, 0.15) is 17.6 Å². The summed E-state index contributed by atoms with van der Waals surface area (Å²) in [5.74, 6) is 1.92. The van der Waals surface area contributed by atoms with Crippen LogP contribution in [0, 0.1) is 6.92 Å². The maximum Gasteiger partial charge on any atom is 0.339 e. The quantitative estimate of drug-likeness (QED) is 0.792. The molecule has 0 bridgehead atoms. The number of likely N-dealkylation sites (tertiary alicyclic amines) is 1. The second-order valence-electron chi connectivity index (χ2n) is 5.70. The Kier molecular flexibility index (Phi) is 4.92. The third-order valence-corrected chi connectivity index (χ3v) is 3.79. The minimum atomic E-state index is -0.451. The number of hydrogen-bond acceptors (Lipinski definition) is 6. The molecule has 0 N–H and O–H groups in total. The Labute approximate surface area is 144 Å². The van der Waals surface area contributed by atoms with Crippen molar-refractivity contribution >= 4 is 5.91 Å². The molecule has 1 saturated heterocycles. The van der Waals surface area contributed by atoms with Crippen LogP contribution in [-0.2, 0) is 4.79 Å². The molecule has 1 amide bonds. The number of carbonyl (C=O) groups is 1. The number of para-hydroxylation sites is 2. The molecule has 1 aromatic heterocycles. The number of hydrogen-bond donors (Lipinski definition) is 0. The van der Waals surface area contributed by atoms with Crippen LogP contribution in [0.5, 0.6) is 17.2 Å². The number of aryl methyl sites for hydroxylation is 1. The average molecular weight is 345 g/mol. The Hall–Kier alpha value is -2.96. The molecule has 7 nitrogen and oxygen atoms in total. The van der Waals surface area contributed by atoms with E-state index in [4.69, 9.17) is 18.6 Å². The second kappa shape index (κ2) is 7.29. The van der Waals surface area contributed by atoms with Crippen LogP contribution >= 0.6 is 0 Å². The van der Waals surface area contributed by atoms with Crippen molar-refractivity contribution in [3.63, 3.8) is 0 Å². The number of carbonyl (C=O) groups excluding carboxylic acids is 1. The Morgan fingerprint density at radius 2 is 1.96 bits per heavy atom. The van der Waals surface area contributed by atoms with Crippen molar-refractivity contribution in [2.45, 2.75) is 13.0 Å². The number of methoxy groups -OCH3 is 1. The van der Waals surface area contributed by atoms with Crippen LogP contribution in [0.1, 0.15) is 5.76 Å². The van der Waals surface area contributed by atoms with Gasteiger partial charge in [-0.05, 0) is 19.1 Å². The van der Waals surface area contributed by atoms with Gasteiger partial charge < -0.3 is 23.5 Å². The molecule has 0 radical (unpaired) electrons. The van der Waals surface area contributed by atoms with Gasteiger partial charge in [-0.15, -0.1) is 0 Å². The largest absolute Gasteiger partial charge is 0.493 e. The molecule has 0 atom stereocenters. The van der Waals surface area contributed by atoms with E-state index in [1.165, 1.54) is 6.07 Å². The zero-order chi connectivity index (χ0) is 17.8. The van der Waals surface area contributed by atoms with E-state index in [0.29, 0.717) is 36.1 Å². The molecule has 0 spiro atoms. The molecule has 7 heteroatoms. The molecule has 1 aromatic carbocycles. The molecular formula is C18H19NO6. The van der Waals surface area contributed by atoms with Gasteiger partial charge in [-0.25, -0.2) is 4.79 Å². The van der Waals surface area contributed by atoms with E-state index in [-0.39, 0.29) is 18.6 Å². The predicted octanol–water partition coefficient (Wildman–Crippen LogP) is 1.63. The highest BCUT2D eigenvalue weighted by Gasteiger charge is 2.32. The molecular weight excluding hydrogens is 326 g/mol. The molecule has 25 heavy (non-hydrogen) atoms. The minimum absolute atomic E-state index is 0.0683. The first-order chi connectivity index (χ1) is 12.0. The Morgan fingerprint density at radius 1 is 1.24 bits per heavy atom. The normalized spacial score (nSPS) is 13.9. The topological polar surface area (TPSA) is 78.2 Å². The van der Waals surface area contributed by atoms with Crippen molar-refractivity contribution in [1.82, 2.24) is 4.90 Å². The smallest absolute Gasteiger partial charge is 0.339 e. The van der Waals surface area contributed by atoms with Crippen LogP contribution in [0.25, 0.3) is 0 Å². The van der Waals surface area contributed by atoms with Gasteiger partial charge in [0.05, 0.1) is 26.3 Å². The lowest BCUT2D eigenvalue weighted by Crippen LogP contribution is -2.57. The van der Waals surface area contributed by atoms with Gasteiger partial charge in [-0.3, -0.25) is 4.79 Å². The third-order valence-electron chi connectivity index (χ3n) is 3.79. The standard InChI is InChI=1S/C18H19NO6/c1-12-7-13(8-18(21)24-12)25-14-9-19(10-14)17(20)11-23-16-6-4-3-5-15(16)22-2/h3-8,14H,9-11H2,1-2H3. The zero-order valence-corrected chi connectivity index (χ0v) is 14.1. The molecule has 2 heterocycles. The van der Waals surface area contributed by atoms with Gasteiger partial charge in [0.15, 0.2) is 18.1 Å². The van der Waals surface area contributed by atoms with E-state index >= 15 is 0 Å². The second-order valence-corrected chi connectivity index (χ2v) is 5.70. The number of benzene rings is 1. The summed E-state index contributed by atoms with van der Waals surface area (Å²) in [6.45, 7) is 2.52. The minimum Gasteiger partial charge on any atom is -0.493 e. The molecule has 1 aliphatic rings. The van der Waals surface area contributed by atoms with E-state index in [9.17, 15) is 9.59 Å². The first kappa shape index (κ1) is 16.9. The van der Waals surface area contributed by atoms with E-state index in [1.54, 1.807) is 37.1 Å². The van der Waals surface area contributed by atoms with Crippen LogP contribution in [0.2, 0.25) is 0 Å². The molecule has 0 unspecified atom stereocenters. The maximum absolute atomic E-state index is 12.1. The van der Waals surface area contributed by atoms with Gasteiger partial charge >= 0.3 is 5.63 Å². The number of amides is 1. The van der Waals surface area contributed by atoms with E-state index in [0.717, 1.165) is 0 Å². The van der Waals surface area contributed by atoms with E-state index in [2.05, 4.69) is 0 Å². The van der Waals surface area contributed by atoms with Crippen molar-refractivity contribution < 1.29 is 23.4 Å². The molecule has 3 rings (SSSR count). The monoisotopic (exact) mass is 345 g/mol. The van der Waals surface area contributed by atoms with Crippen LogP contribution in [0.15, 0.2) is 45.6 Å². The number of nitrogens with zero attached hydrogens (tertiary/aromatic N) is 1. The average Bonchev–Trinajstić information content (AvgIpc) is 2.55. The summed E-state index contributed by atoms with van der Waals surface area (Å²) in [5.41, 5.74) is -0.451. The van der Waals surface area contributed by atoms with E-state index in [1.807, 2.05) is 12.1 Å². The van der Waals surface area contributed by atoms with Crippen molar-refractivity contribution in [2.75, 3.05) is 26.8 Å². The fourth-order valence-corrected chi connectivity index (χ4v) is 2.52. The lowest BCUT2D eigenvalue weighted by molar-refractivity contribution is -0.142. The highest BCUT2D eigenvalue weighted by molar-refractivity contribution is 5.78. The fourth-order valence-electron chi connectivity index (χ4n) is 2.52. The summed E-state index contributed by atoms with van der Waals surface area (Å²) in [5, 5.41) is 0. The lowest BCUT2D eigenvalue weighted by atomic mass is 10.1. The zero-order valence-electron chi connectivity index (χ0n) is 14.1.